The van der Waals surface area contributed by atoms with Gasteiger partial charge in [0.25, 0.3) is 0 Å². The van der Waals surface area contributed by atoms with Crippen LogP contribution in [0.25, 0.3) is 61.6 Å². The number of para-hydroxylation sites is 1. The molecule has 0 saturated carbocycles. The largest absolute Gasteiger partial charge is 0.507 e. The second-order valence-corrected chi connectivity index (χ2v) is 19.0. The summed E-state index contributed by atoms with van der Waals surface area (Å²) in [4.78, 5) is 10.2. The summed E-state index contributed by atoms with van der Waals surface area (Å²) in [5.41, 5.74) is 8.82. The topological polar surface area (TPSA) is 50.9 Å². The molecule has 0 saturated heterocycles. The quantitative estimate of drug-likeness (QED) is 0.175. The smallest absolute Gasteiger partial charge is 0.148 e. The molecule has 5 aromatic carbocycles. The van der Waals surface area contributed by atoms with Gasteiger partial charge < -0.3 is 5.11 Å². The van der Waals surface area contributed by atoms with Crippen molar-refractivity contribution < 1.29 is 33.0 Å². The van der Waals surface area contributed by atoms with Crippen LogP contribution < -0.4 is 0 Å². The number of rotatable bonds is 5. The number of phenolic OH excluding ortho intramolecular Hbond substituents is 1. The summed E-state index contributed by atoms with van der Waals surface area (Å²) in [5, 5.41) is 12.5. The van der Waals surface area contributed by atoms with Crippen LogP contribution in [0.1, 0.15) is 112 Å². The van der Waals surface area contributed by atoms with E-state index in [1.54, 1.807) is 6.20 Å². The Hall–Kier alpha value is -4.79. The van der Waals surface area contributed by atoms with Gasteiger partial charge in [0.2, 0.25) is 0 Å². The summed E-state index contributed by atoms with van der Waals surface area (Å²) in [6.07, 6.45) is 1.78. The average molecular weight is 939 g/mol. The maximum Gasteiger partial charge on any atom is 0.148 e. The Balaban J connectivity index is 0.00000641. The third kappa shape index (κ3) is 8.30. The summed E-state index contributed by atoms with van der Waals surface area (Å²) in [7, 11) is 0. The van der Waals surface area contributed by atoms with Crippen LogP contribution in [0.2, 0.25) is 0 Å². The third-order valence-corrected chi connectivity index (χ3v) is 10.5. The zero-order valence-electron chi connectivity index (χ0n) is 40.2. The monoisotopic (exact) mass is 938 g/mol. The van der Waals surface area contributed by atoms with Crippen LogP contribution >= 0.6 is 0 Å². The van der Waals surface area contributed by atoms with Crippen molar-refractivity contribution in [1.82, 2.24) is 14.5 Å². The minimum absolute atomic E-state index is 0. The van der Waals surface area contributed by atoms with Crippen LogP contribution in [0.5, 0.6) is 5.75 Å². The Labute approximate surface area is 361 Å². The zero-order chi connectivity index (χ0) is 44.7. The second kappa shape index (κ2) is 15.2. The van der Waals surface area contributed by atoms with Gasteiger partial charge in [-0.2, -0.15) is 0 Å². The van der Waals surface area contributed by atoms with Gasteiger partial charge in [-0.3, -0.25) is 9.55 Å². The Morgan fingerprint density at radius 1 is 0.614 bits per heavy atom. The van der Waals surface area contributed by atoms with Crippen molar-refractivity contribution in [1.29, 1.82) is 0 Å². The molecule has 0 radical (unpaired) electrons. The van der Waals surface area contributed by atoms with Crippen LogP contribution in [-0.4, -0.2) is 19.6 Å². The first-order chi connectivity index (χ1) is 28.3. The summed E-state index contributed by atoms with van der Waals surface area (Å²) in [6, 6.07) is 28.0. The Morgan fingerprint density at radius 3 is 1.86 bits per heavy atom. The van der Waals surface area contributed by atoms with E-state index in [-0.39, 0.29) is 60.7 Å². The van der Waals surface area contributed by atoms with Crippen LogP contribution in [0.15, 0.2) is 115 Å². The van der Waals surface area contributed by atoms with E-state index < -0.39 is 23.5 Å². The molecule has 1 N–H and O–H groups in total. The van der Waals surface area contributed by atoms with Crippen molar-refractivity contribution in [3.05, 3.63) is 144 Å². The molecule has 0 unspecified atom stereocenters. The van der Waals surface area contributed by atoms with E-state index in [1.165, 1.54) is 0 Å². The van der Waals surface area contributed by atoms with Crippen molar-refractivity contribution >= 4 is 11.0 Å². The molecule has 57 heavy (non-hydrogen) atoms. The summed E-state index contributed by atoms with van der Waals surface area (Å²) in [5.74, 6) is 0.554. The molecule has 0 aliphatic carbocycles. The summed E-state index contributed by atoms with van der Waals surface area (Å²) in [6.45, 7) is 25.5. The second-order valence-electron chi connectivity index (χ2n) is 19.0. The molecule has 0 aliphatic rings. The minimum Gasteiger partial charge on any atom is -0.507 e. The molecule has 0 bridgehead atoms. The molecule has 5 heteroatoms. The molecule has 0 atom stereocenters. The van der Waals surface area contributed by atoms with Crippen molar-refractivity contribution in [3.8, 4) is 56.3 Å². The van der Waals surface area contributed by atoms with Gasteiger partial charge in [0, 0.05) is 44.1 Å². The number of benzene rings is 5. The number of hydrogen-bond donors (Lipinski definition) is 1. The van der Waals surface area contributed by atoms with Gasteiger partial charge in [0.15, 0.2) is 0 Å². The van der Waals surface area contributed by atoms with E-state index in [0.29, 0.717) is 33.7 Å². The molecule has 0 spiro atoms. The van der Waals surface area contributed by atoms with Gasteiger partial charge in [-0.15, -0.1) is 29.3 Å². The standard InChI is InChI=1S/C52H56N3O.Pt/c1-49(2,3)36-24-25-44(40(30-36)33-19-14-13-15-20-33)55-45-23-18-21-39(34-27-35(43-22-16-17-26-53-43)29-37(28-34)50(4,5)6)46(45)54-48(55)41-31-38(51(7,8)9)32-42(47(41)56)52(10,11)12;/h13-26,28-32,56H,1-12H3;/q-1;/i13D,14D,15D,19D,20D;. The fourth-order valence-corrected chi connectivity index (χ4v) is 7.14. The molecule has 296 valence electrons. The van der Waals surface area contributed by atoms with Crippen LogP contribution in [0.4, 0.5) is 0 Å². The van der Waals surface area contributed by atoms with E-state index in [2.05, 4.69) is 112 Å². The summed E-state index contributed by atoms with van der Waals surface area (Å²) < 4.78 is 46.2. The fraction of sp³-hybridized carbons (Fsp3) is 0.308. The third-order valence-electron chi connectivity index (χ3n) is 10.5. The van der Waals surface area contributed by atoms with Crippen LogP contribution in [0, 0.1) is 6.07 Å². The van der Waals surface area contributed by atoms with E-state index >= 15 is 0 Å². The molecule has 0 aliphatic heterocycles. The van der Waals surface area contributed by atoms with E-state index in [4.69, 9.17) is 9.10 Å². The molecule has 0 amide bonds. The molecule has 7 aromatic rings. The van der Waals surface area contributed by atoms with Crippen molar-refractivity contribution in [3.63, 3.8) is 0 Å². The first-order valence-corrected chi connectivity index (χ1v) is 19.4. The maximum absolute atomic E-state index is 12.5. The Bertz CT molecular complexity index is 2830. The molecule has 0 fully saturated rings. The predicted octanol–water partition coefficient (Wildman–Crippen LogP) is 13.8. The Morgan fingerprint density at radius 2 is 1.25 bits per heavy atom. The summed E-state index contributed by atoms with van der Waals surface area (Å²) >= 11 is 0. The van der Waals surface area contributed by atoms with Gasteiger partial charge in [-0.05, 0) is 68.7 Å². The maximum atomic E-state index is 12.5. The number of aromatic nitrogens is 3. The average Bonchev–Trinajstić information content (AvgIpc) is 3.57. The number of phenols is 1. The fourth-order valence-electron chi connectivity index (χ4n) is 7.14. The van der Waals surface area contributed by atoms with Crippen molar-refractivity contribution in [2.75, 3.05) is 0 Å². The van der Waals surface area contributed by atoms with Gasteiger partial charge in [-0.1, -0.05) is 161 Å². The van der Waals surface area contributed by atoms with Crippen LogP contribution in [0.3, 0.4) is 0 Å². The molecule has 2 heterocycles. The van der Waals surface area contributed by atoms with Gasteiger partial charge in [0.05, 0.1) is 29.1 Å². The Kier molecular flexibility index (Phi) is 9.42. The number of nitrogens with zero attached hydrogens (tertiary/aromatic N) is 3. The number of aromatic hydroxyl groups is 1. The molecular weight excluding hydrogens is 878 g/mol. The molecule has 4 nitrogen and oxygen atoms in total. The van der Waals surface area contributed by atoms with Crippen molar-refractivity contribution in [2.24, 2.45) is 0 Å². The van der Waals surface area contributed by atoms with E-state index in [0.717, 1.165) is 44.6 Å². The first kappa shape index (κ1) is 35.4. The number of pyridine rings is 1. The molecule has 7 rings (SSSR count). The van der Waals surface area contributed by atoms with Gasteiger partial charge >= 0.3 is 0 Å². The van der Waals surface area contributed by atoms with Gasteiger partial charge in [-0.25, -0.2) is 4.98 Å². The predicted molar refractivity (Wildman–Crippen MR) is 236 cm³/mol. The van der Waals surface area contributed by atoms with Crippen molar-refractivity contribution in [2.45, 2.75) is 105 Å². The number of imidazole rings is 1. The number of hydrogen-bond acceptors (Lipinski definition) is 3. The van der Waals surface area contributed by atoms with Crippen LogP contribution in [-0.2, 0) is 42.7 Å². The van der Waals surface area contributed by atoms with Gasteiger partial charge in [0.1, 0.15) is 11.6 Å². The first-order valence-electron chi connectivity index (χ1n) is 21.9. The van der Waals surface area contributed by atoms with E-state index in [1.807, 2.05) is 65.2 Å². The number of fused-ring (bicyclic) bond motifs is 1. The molecular formula is C52H56N3OPt-. The molecule has 2 aromatic heterocycles. The zero-order valence-corrected chi connectivity index (χ0v) is 37.5. The minimum atomic E-state index is -0.455. The normalized spacial score (nSPS) is 13.7. The SMILES string of the molecule is [2H]c1c([2H])c([2H])c(-c2cc(C(C)(C)C)ccc2-n2c(-c3cc(C(C)(C)C)cc(C(C)(C)C)c3O)nc3c(-c4[c-]c(-c5ccccn5)cc(C(C)(C)C)c4)cccc32)c([2H])c1[2H].[Pt]. The van der Waals surface area contributed by atoms with E-state index in [9.17, 15) is 7.85 Å².